The monoisotopic (exact) mass is 465 g/mol. The van der Waals surface area contributed by atoms with Crippen LogP contribution in [0.25, 0.3) is 0 Å². The van der Waals surface area contributed by atoms with Gasteiger partial charge in [0.05, 0.1) is 12.7 Å². The average molecular weight is 465 g/mol. The van der Waals surface area contributed by atoms with Gasteiger partial charge in [-0.05, 0) is 37.5 Å². The minimum absolute atomic E-state index is 0. The molecule has 1 aliphatic rings. The van der Waals surface area contributed by atoms with Crippen molar-refractivity contribution in [2.45, 2.75) is 39.0 Å². The summed E-state index contributed by atoms with van der Waals surface area (Å²) in [6.45, 7) is 5.55. The summed E-state index contributed by atoms with van der Waals surface area (Å²) in [5.41, 5.74) is 1.58. The standard InChI is InChI=1S/C18H28FN3O2.HI/c1-4-24-16-7-9-22(10-8-16)18(20-2)21-12-14-5-6-17(19)15(11-14)13-23-3;/h5-6,11,16H,4,7-10,12-13H2,1-3H3,(H,20,21);1H. The maximum Gasteiger partial charge on any atom is 0.193 e. The lowest BCUT2D eigenvalue weighted by atomic mass is 10.1. The molecule has 7 heteroatoms. The summed E-state index contributed by atoms with van der Waals surface area (Å²) >= 11 is 0. The highest BCUT2D eigenvalue weighted by molar-refractivity contribution is 14.0. The Balaban J connectivity index is 0.00000312. The third-order valence-corrected chi connectivity index (χ3v) is 4.22. The van der Waals surface area contributed by atoms with Crippen molar-refractivity contribution in [3.63, 3.8) is 0 Å². The molecule has 1 fully saturated rings. The van der Waals surface area contributed by atoms with Crippen LogP contribution in [0.3, 0.4) is 0 Å². The fourth-order valence-electron chi connectivity index (χ4n) is 2.99. The zero-order valence-corrected chi connectivity index (χ0v) is 17.6. The summed E-state index contributed by atoms with van der Waals surface area (Å²) < 4.78 is 24.4. The van der Waals surface area contributed by atoms with E-state index in [1.165, 1.54) is 6.07 Å². The van der Waals surface area contributed by atoms with Gasteiger partial charge in [-0.3, -0.25) is 4.99 Å². The number of nitrogens with zero attached hydrogens (tertiary/aromatic N) is 2. The number of aliphatic imine (C=N–C) groups is 1. The third kappa shape index (κ3) is 6.71. The molecule has 0 aliphatic carbocycles. The molecule has 2 rings (SSSR count). The van der Waals surface area contributed by atoms with Gasteiger partial charge in [-0.25, -0.2) is 4.39 Å². The first-order valence-electron chi connectivity index (χ1n) is 8.51. The van der Waals surface area contributed by atoms with E-state index in [0.29, 0.717) is 18.2 Å². The first-order valence-corrected chi connectivity index (χ1v) is 8.51. The number of piperidine rings is 1. The van der Waals surface area contributed by atoms with Crippen LogP contribution in [-0.2, 0) is 22.6 Å². The highest BCUT2D eigenvalue weighted by atomic mass is 127. The van der Waals surface area contributed by atoms with Crippen molar-refractivity contribution < 1.29 is 13.9 Å². The molecule has 142 valence electrons. The summed E-state index contributed by atoms with van der Waals surface area (Å²) in [4.78, 5) is 6.61. The molecule has 0 aromatic heterocycles. The number of guanidine groups is 1. The molecule has 25 heavy (non-hydrogen) atoms. The lowest BCUT2D eigenvalue weighted by Gasteiger charge is -2.34. The van der Waals surface area contributed by atoms with E-state index in [1.807, 2.05) is 13.0 Å². The third-order valence-electron chi connectivity index (χ3n) is 4.22. The molecule has 0 unspecified atom stereocenters. The molecule has 5 nitrogen and oxygen atoms in total. The van der Waals surface area contributed by atoms with Crippen LogP contribution < -0.4 is 5.32 Å². The van der Waals surface area contributed by atoms with Crippen molar-refractivity contribution >= 4 is 29.9 Å². The zero-order chi connectivity index (χ0) is 17.4. The van der Waals surface area contributed by atoms with E-state index in [2.05, 4.69) is 15.2 Å². The minimum Gasteiger partial charge on any atom is -0.380 e. The van der Waals surface area contributed by atoms with E-state index in [1.54, 1.807) is 20.2 Å². The van der Waals surface area contributed by atoms with Crippen LogP contribution in [0.1, 0.15) is 30.9 Å². The van der Waals surface area contributed by atoms with Crippen LogP contribution in [0.4, 0.5) is 4.39 Å². The largest absolute Gasteiger partial charge is 0.380 e. The zero-order valence-electron chi connectivity index (χ0n) is 15.3. The van der Waals surface area contributed by atoms with Crippen molar-refractivity contribution in [1.82, 2.24) is 10.2 Å². The summed E-state index contributed by atoms with van der Waals surface area (Å²) in [6.07, 6.45) is 2.39. The fourth-order valence-corrected chi connectivity index (χ4v) is 2.99. The highest BCUT2D eigenvalue weighted by Crippen LogP contribution is 2.15. The molecule has 0 spiro atoms. The van der Waals surface area contributed by atoms with Gasteiger partial charge >= 0.3 is 0 Å². The molecule has 1 aromatic rings. The Morgan fingerprint density at radius 1 is 1.36 bits per heavy atom. The van der Waals surface area contributed by atoms with Gasteiger partial charge in [-0.2, -0.15) is 0 Å². The number of benzene rings is 1. The van der Waals surface area contributed by atoms with Crippen molar-refractivity contribution in [2.75, 3.05) is 33.9 Å². The summed E-state index contributed by atoms with van der Waals surface area (Å²) in [7, 11) is 3.36. The van der Waals surface area contributed by atoms with Gasteiger partial charge in [-0.15, -0.1) is 24.0 Å². The number of ether oxygens (including phenoxy) is 2. The number of halogens is 2. The number of rotatable bonds is 6. The van der Waals surface area contributed by atoms with Gasteiger partial charge in [0.2, 0.25) is 0 Å². The normalized spacial score (nSPS) is 15.8. The molecule has 0 saturated carbocycles. The van der Waals surface area contributed by atoms with Crippen LogP contribution in [0, 0.1) is 5.82 Å². The molecule has 1 heterocycles. The molecular formula is C18H29FIN3O2. The highest BCUT2D eigenvalue weighted by Gasteiger charge is 2.21. The summed E-state index contributed by atoms with van der Waals surface area (Å²) in [6, 6.07) is 5.11. The van der Waals surface area contributed by atoms with Gasteiger partial charge in [-0.1, -0.05) is 6.07 Å². The molecule has 1 saturated heterocycles. The van der Waals surface area contributed by atoms with E-state index in [-0.39, 0.29) is 36.4 Å². The topological polar surface area (TPSA) is 46.1 Å². The van der Waals surface area contributed by atoms with Gasteiger partial charge in [0.1, 0.15) is 5.82 Å². The molecule has 0 atom stereocenters. The molecule has 1 aliphatic heterocycles. The maximum atomic E-state index is 13.7. The molecule has 1 N–H and O–H groups in total. The number of hydrogen-bond acceptors (Lipinski definition) is 3. The average Bonchev–Trinajstić information content (AvgIpc) is 2.60. The Morgan fingerprint density at radius 3 is 2.68 bits per heavy atom. The molecule has 0 radical (unpaired) electrons. The second-order valence-electron chi connectivity index (χ2n) is 5.90. The Hall–Kier alpha value is -0.930. The summed E-state index contributed by atoms with van der Waals surface area (Å²) in [5.74, 6) is 0.644. The van der Waals surface area contributed by atoms with Crippen molar-refractivity contribution in [1.29, 1.82) is 0 Å². The lowest BCUT2D eigenvalue weighted by Crippen LogP contribution is -2.46. The first kappa shape index (κ1) is 22.1. The van der Waals surface area contributed by atoms with Gasteiger partial charge in [0, 0.05) is 46.0 Å². The minimum atomic E-state index is -0.233. The van der Waals surface area contributed by atoms with Crippen molar-refractivity contribution in [3.05, 3.63) is 35.1 Å². The van der Waals surface area contributed by atoms with Crippen LogP contribution in [0.15, 0.2) is 23.2 Å². The van der Waals surface area contributed by atoms with E-state index < -0.39 is 0 Å². The van der Waals surface area contributed by atoms with Gasteiger partial charge < -0.3 is 19.7 Å². The Labute approximate surface area is 167 Å². The van der Waals surface area contributed by atoms with E-state index in [9.17, 15) is 4.39 Å². The first-order chi connectivity index (χ1) is 11.7. The molecule has 0 amide bonds. The molecular weight excluding hydrogens is 436 g/mol. The Kier molecular flexibility index (Phi) is 10.3. The van der Waals surface area contributed by atoms with E-state index >= 15 is 0 Å². The van der Waals surface area contributed by atoms with Crippen LogP contribution in [0.5, 0.6) is 0 Å². The quantitative estimate of drug-likeness (QED) is 0.399. The number of hydrogen-bond donors (Lipinski definition) is 1. The van der Waals surface area contributed by atoms with Crippen LogP contribution >= 0.6 is 24.0 Å². The van der Waals surface area contributed by atoms with Crippen molar-refractivity contribution in [3.8, 4) is 0 Å². The van der Waals surface area contributed by atoms with Gasteiger partial charge in [0.25, 0.3) is 0 Å². The Bertz CT molecular complexity index is 549. The molecule has 0 bridgehead atoms. The predicted molar refractivity (Wildman–Crippen MR) is 109 cm³/mol. The van der Waals surface area contributed by atoms with Crippen LogP contribution in [0.2, 0.25) is 0 Å². The smallest absolute Gasteiger partial charge is 0.193 e. The van der Waals surface area contributed by atoms with E-state index in [0.717, 1.165) is 44.1 Å². The van der Waals surface area contributed by atoms with Crippen molar-refractivity contribution in [2.24, 2.45) is 4.99 Å². The predicted octanol–water partition coefficient (Wildman–Crippen LogP) is 3.17. The second kappa shape index (κ2) is 11.6. The van der Waals surface area contributed by atoms with Crippen LogP contribution in [-0.4, -0.2) is 50.8 Å². The second-order valence-corrected chi connectivity index (χ2v) is 5.90. The number of likely N-dealkylation sites (tertiary alicyclic amines) is 1. The fraction of sp³-hybridized carbons (Fsp3) is 0.611. The lowest BCUT2D eigenvalue weighted by molar-refractivity contribution is 0.0263. The Morgan fingerprint density at radius 2 is 2.08 bits per heavy atom. The molecule has 1 aromatic carbocycles. The maximum absolute atomic E-state index is 13.7. The number of nitrogens with one attached hydrogen (secondary N) is 1. The SMILES string of the molecule is CCOC1CCN(C(=NC)NCc2ccc(F)c(COC)c2)CC1.I. The van der Waals surface area contributed by atoms with Gasteiger partial charge in [0.15, 0.2) is 5.96 Å². The summed E-state index contributed by atoms with van der Waals surface area (Å²) in [5, 5.41) is 3.36. The van der Waals surface area contributed by atoms with E-state index in [4.69, 9.17) is 9.47 Å². The number of methoxy groups -OCH3 is 1.